The molecule has 0 bridgehead atoms. The monoisotopic (exact) mass is 1380 g/mol. The van der Waals surface area contributed by atoms with E-state index in [1.165, 1.54) is 142 Å². The van der Waals surface area contributed by atoms with Crippen molar-refractivity contribution in [2.75, 3.05) is 0 Å². The zero-order chi connectivity index (χ0) is 79.4. The van der Waals surface area contributed by atoms with Crippen molar-refractivity contribution in [2.24, 2.45) is 42.3 Å². The van der Waals surface area contributed by atoms with Crippen molar-refractivity contribution in [2.45, 2.75) is 169 Å². The first-order valence-electron chi connectivity index (χ1n) is 42.1. The Hall–Kier alpha value is -9.78. The molecule has 0 atom stereocenters. The highest BCUT2D eigenvalue weighted by atomic mass is 14.9. The molecular formula is C98H112N6+6. The van der Waals surface area contributed by atoms with Crippen molar-refractivity contribution in [1.82, 2.24) is 0 Å². The van der Waals surface area contributed by atoms with Gasteiger partial charge in [-0.2, -0.15) is 0 Å². The molecule has 0 saturated heterocycles. The van der Waals surface area contributed by atoms with E-state index in [-0.39, 0.29) is 12.8 Å². The van der Waals surface area contributed by atoms with Crippen molar-refractivity contribution in [3.8, 4) is 67.5 Å². The SMILES string of the molecule is C[n+]1ccc2c(c1-c1ccccc1)CCC2.Cc1ccccc1-c1c2c(cc[n+]1C)CCCC2.Cc1ccccc1-c1cc2c(c[n+]1C)CCC2.[2H]C1([2H])CCC([2H])([2H])c2c1cc[n+](C)c2-c1ccccc1C.[2H]C1([2H])CCCc2c[n+](C)c(-c3ccccc3C)cc21.[2H]C1([2H])CCc2c[n+](C)c(-c3ccccc3C)cc21. The second-order valence-corrected chi connectivity index (χ2v) is 29.3. The molecule has 104 heavy (non-hydrogen) atoms. The minimum atomic E-state index is -1.52. The fourth-order valence-electron chi connectivity index (χ4n) is 16.3. The van der Waals surface area contributed by atoms with Crippen LogP contribution in [0.3, 0.4) is 0 Å². The average molecular weight is 1380 g/mol. The van der Waals surface area contributed by atoms with Crippen molar-refractivity contribution in [1.29, 1.82) is 0 Å². The molecular weight excluding hydrogens is 1260 g/mol. The van der Waals surface area contributed by atoms with Gasteiger partial charge in [0.05, 0.1) is 0 Å². The Morgan fingerprint density at radius 3 is 1.08 bits per heavy atom. The quantitative estimate of drug-likeness (QED) is 0.148. The predicted molar refractivity (Wildman–Crippen MR) is 428 cm³/mol. The molecule has 0 amide bonds. The van der Waals surface area contributed by atoms with Crippen LogP contribution in [0.5, 0.6) is 0 Å². The molecule has 0 N–H and O–H groups in total. The number of hydrogen-bond acceptors (Lipinski definition) is 0. The highest BCUT2D eigenvalue weighted by Gasteiger charge is 2.28. The van der Waals surface area contributed by atoms with Gasteiger partial charge in [0.2, 0.25) is 34.2 Å². The molecule has 0 fully saturated rings. The standard InChI is InChI=1S/3C17H20N.2C16H18N.C15H16N/c1-13-7-3-6-10-16(13)17-11-14-8-4-5-9-15(14)12-18(17)2;2*1-13-7-3-5-9-15(13)17-16-10-6-4-8-14(16)11-12-18(17)2;2*1-12-6-3-4-9-15(12)16-10-13-7-5-8-14(13)11-17(16)2;1-16-11-10-12-8-5-9-14(12)15(16)13-6-3-2-4-7-13/h3,6-7,10-12H,4-5,8-9H2,1-2H3;2*3,5,7,9,11-12H,4,6,8,10H2,1-2H3;2*3-4,6,9-11H,5,7-8H2,1-2H3;2-4,6-7,10-11H,5,8-9H2,1H3/q6*+1/i8D2;8D2,10D2;;7D2;;. The summed E-state index contributed by atoms with van der Waals surface area (Å²) in [5, 5.41) is 0. The third-order valence-electron chi connectivity index (χ3n) is 21.9. The van der Waals surface area contributed by atoms with E-state index in [4.69, 9.17) is 11.0 Å². The smallest absolute Gasteiger partial charge is 0.201 e. The summed E-state index contributed by atoms with van der Waals surface area (Å²) in [7, 11) is 12.4. The maximum atomic E-state index is 8.43. The van der Waals surface area contributed by atoms with Crippen LogP contribution in [-0.4, -0.2) is 0 Å². The van der Waals surface area contributed by atoms with Crippen LogP contribution in [0.1, 0.15) is 163 Å². The van der Waals surface area contributed by atoms with E-state index in [0.29, 0.717) is 24.0 Å². The molecule has 6 aliphatic rings. The Kier molecular flexibility index (Phi) is 20.4. The van der Waals surface area contributed by atoms with Gasteiger partial charge in [0.1, 0.15) is 42.3 Å². The van der Waals surface area contributed by atoms with Gasteiger partial charge in [-0.05, 0) is 273 Å². The van der Waals surface area contributed by atoms with Crippen LogP contribution in [0.15, 0.2) is 225 Å². The van der Waals surface area contributed by atoms with E-state index in [9.17, 15) is 0 Å². The van der Waals surface area contributed by atoms with Crippen molar-refractivity contribution >= 4 is 0 Å². The molecule has 0 spiro atoms. The van der Waals surface area contributed by atoms with E-state index in [0.717, 1.165) is 69.7 Å². The molecule has 528 valence electrons. The molecule has 6 heteroatoms. The topological polar surface area (TPSA) is 23.3 Å². The summed E-state index contributed by atoms with van der Waals surface area (Å²) in [6, 6.07) is 65.2. The molecule has 6 heterocycles. The van der Waals surface area contributed by atoms with E-state index in [1.54, 1.807) is 28.3 Å². The number of pyridine rings is 6. The predicted octanol–water partition coefficient (Wildman–Crippen LogP) is 18.7. The van der Waals surface area contributed by atoms with Gasteiger partial charge in [0, 0.05) is 114 Å². The minimum Gasteiger partial charge on any atom is -0.201 e. The van der Waals surface area contributed by atoms with Crippen LogP contribution in [0.2, 0.25) is 0 Å². The number of fused-ring (bicyclic) bond motifs is 6. The normalized spacial score (nSPS) is 17.1. The number of benzene rings is 6. The highest BCUT2D eigenvalue weighted by Crippen LogP contribution is 2.35. The molecule has 6 aliphatic carbocycles. The van der Waals surface area contributed by atoms with Gasteiger partial charge in [0.15, 0.2) is 37.2 Å². The Balaban J connectivity index is 0.000000118. The number of hydrogen-bond donors (Lipinski definition) is 0. The van der Waals surface area contributed by atoms with Gasteiger partial charge in [-0.15, -0.1) is 0 Å². The number of aromatic nitrogens is 6. The first kappa shape index (κ1) is 62.8. The highest BCUT2D eigenvalue weighted by molar-refractivity contribution is 5.69. The Labute approximate surface area is 634 Å². The maximum absolute atomic E-state index is 8.43. The van der Waals surface area contributed by atoms with Gasteiger partial charge >= 0.3 is 0 Å². The zero-order valence-electron chi connectivity index (χ0n) is 71.6. The van der Waals surface area contributed by atoms with Crippen molar-refractivity contribution in [3.05, 3.63) is 320 Å². The summed E-state index contributed by atoms with van der Waals surface area (Å²) in [5.74, 6) is 0. The first-order chi connectivity index (χ1) is 53.6. The first-order valence-corrected chi connectivity index (χ1v) is 38.1. The maximum Gasteiger partial charge on any atom is 0.216 e. The summed E-state index contributed by atoms with van der Waals surface area (Å²) >= 11 is 0. The third-order valence-corrected chi connectivity index (χ3v) is 21.9. The molecule has 0 saturated carbocycles. The van der Waals surface area contributed by atoms with Crippen LogP contribution in [-0.2, 0) is 119 Å². The molecule has 6 aromatic carbocycles. The lowest BCUT2D eigenvalue weighted by Gasteiger charge is -2.17. The van der Waals surface area contributed by atoms with Crippen LogP contribution in [0.4, 0.5) is 0 Å². The van der Waals surface area contributed by atoms with Crippen LogP contribution in [0, 0.1) is 34.6 Å². The van der Waals surface area contributed by atoms with Crippen molar-refractivity contribution in [3.63, 3.8) is 0 Å². The van der Waals surface area contributed by atoms with Crippen LogP contribution in [0.25, 0.3) is 67.5 Å². The largest absolute Gasteiger partial charge is 0.216 e. The van der Waals surface area contributed by atoms with E-state index >= 15 is 0 Å². The summed E-state index contributed by atoms with van der Waals surface area (Å²) in [4.78, 5) is 0. The average Bonchev–Trinajstić information content (AvgIpc) is 0.828. The molecule has 0 aliphatic heterocycles. The lowest BCUT2D eigenvalue weighted by molar-refractivity contribution is -0.661. The zero-order valence-corrected chi connectivity index (χ0v) is 63.6. The summed E-state index contributed by atoms with van der Waals surface area (Å²) in [6.07, 6.45) is 24.5. The number of rotatable bonds is 6. The van der Waals surface area contributed by atoms with Gasteiger partial charge in [0.25, 0.3) is 0 Å². The Morgan fingerprint density at radius 1 is 0.240 bits per heavy atom. The Bertz CT molecular complexity index is 5450. The van der Waals surface area contributed by atoms with Gasteiger partial charge in [-0.3, -0.25) is 0 Å². The lowest BCUT2D eigenvalue weighted by atomic mass is 9.88. The van der Waals surface area contributed by atoms with E-state index in [2.05, 4.69) is 230 Å². The summed E-state index contributed by atoms with van der Waals surface area (Å²) in [6.45, 7) is 10.6. The molecule has 0 unspecified atom stereocenters. The fraction of sp³-hybridized carbons (Fsp3) is 0.327. The summed E-state index contributed by atoms with van der Waals surface area (Å²) in [5.41, 5.74) is 35.0. The second-order valence-electron chi connectivity index (χ2n) is 29.3. The summed E-state index contributed by atoms with van der Waals surface area (Å²) < 4.78 is 79.0. The molecule has 12 aromatic rings. The van der Waals surface area contributed by atoms with Gasteiger partial charge < -0.3 is 0 Å². The Morgan fingerprint density at radius 2 is 0.558 bits per heavy atom. The lowest BCUT2D eigenvalue weighted by Crippen LogP contribution is -2.33. The molecule has 18 rings (SSSR count). The van der Waals surface area contributed by atoms with Gasteiger partial charge in [-0.1, -0.05) is 109 Å². The number of aryl methyl sites for hydroxylation is 20. The molecule has 6 aromatic heterocycles. The van der Waals surface area contributed by atoms with Gasteiger partial charge in [-0.25, -0.2) is 27.4 Å². The molecule has 6 nitrogen and oxygen atoms in total. The second kappa shape index (κ2) is 33.8. The third kappa shape index (κ3) is 16.6. The number of nitrogens with zero attached hydrogens (tertiary/aromatic N) is 6. The van der Waals surface area contributed by atoms with Crippen LogP contribution >= 0.6 is 0 Å². The van der Waals surface area contributed by atoms with Crippen molar-refractivity contribution < 1.29 is 38.4 Å². The molecule has 0 radical (unpaired) electrons. The fourth-order valence-corrected chi connectivity index (χ4v) is 16.3. The van der Waals surface area contributed by atoms with E-state index < -0.39 is 25.5 Å². The van der Waals surface area contributed by atoms with Crippen LogP contribution < -0.4 is 27.4 Å². The van der Waals surface area contributed by atoms with E-state index in [1.807, 2.05) is 93.4 Å². The minimum absolute atomic E-state index is 0.204.